The van der Waals surface area contributed by atoms with Gasteiger partial charge < -0.3 is 0 Å². The number of rotatable bonds is 5. The Bertz CT molecular complexity index is 678. The molecule has 0 aliphatic carbocycles. The minimum atomic E-state index is -3.54. The van der Waals surface area contributed by atoms with Gasteiger partial charge >= 0.3 is 5.92 Å². The highest BCUT2D eigenvalue weighted by Gasteiger charge is 2.38. The number of allylic oxidation sites excluding steroid dienone is 1. The van der Waals surface area contributed by atoms with Crippen LogP contribution in [0.3, 0.4) is 0 Å². The van der Waals surface area contributed by atoms with Gasteiger partial charge in [0.15, 0.2) is 0 Å². The summed E-state index contributed by atoms with van der Waals surface area (Å²) in [7, 11) is 0. The molecule has 0 aliphatic rings. The van der Waals surface area contributed by atoms with E-state index in [1.165, 1.54) is 12.3 Å². The smallest absolute Gasteiger partial charge is 0.254 e. The van der Waals surface area contributed by atoms with Gasteiger partial charge in [0.1, 0.15) is 17.3 Å². The highest BCUT2D eigenvalue weighted by atomic mass is 19.3. The number of hydrogen-bond donors (Lipinski definition) is 0. The van der Waals surface area contributed by atoms with Crippen LogP contribution < -0.4 is 0 Å². The minimum absolute atomic E-state index is 0.425. The molecule has 0 amide bonds. The minimum Gasteiger partial charge on any atom is -0.254 e. The van der Waals surface area contributed by atoms with Crippen molar-refractivity contribution in [3.8, 4) is 0 Å². The van der Waals surface area contributed by atoms with Gasteiger partial charge in [-0.3, -0.25) is 4.98 Å². The number of aromatic nitrogens is 1. The molecular weight excluding hydrogens is 294 g/mol. The van der Waals surface area contributed by atoms with Gasteiger partial charge in [-0.2, -0.15) is 8.78 Å². The van der Waals surface area contributed by atoms with Crippen LogP contribution in [0.25, 0.3) is 5.57 Å². The lowest BCUT2D eigenvalue weighted by Crippen LogP contribution is -2.18. The molecule has 0 saturated carbocycles. The summed E-state index contributed by atoms with van der Waals surface area (Å²) in [5.41, 5.74) is -0.840. The quantitative estimate of drug-likeness (QED) is 0.699. The maximum atomic E-state index is 14.4. The number of halogens is 4. The molecule has 0 spiro atoms. The average Bonchev–Trinajstić information content (AvgIpc) is 2.47. The molecule has 0 fully saturated rings. The Kier molecular flexibility index (Phi) is 4.64. The summed E-state index contributed by atoms with van der Waals surface area (Å²) in [5.74, 6) is -5.45. The first-order valence-corrected chi connectivity index (χ1v) is 6.84. The number of benzene rings is 1. The van der Waals surface area contributed by atoms with Crippen molar-refractivity contribution < 1.29 is 17.6 Å². The van der Waals surface area contributed by atoms with Crippen LogP contribution >= 0.6 is 0 Å². The van der Waals surface area contributed by atoms with Crippen LogP contribution in [0.1, 0.15) is 30.2 Å². The number of alkyl halides is 2. The largest absolute Gasteiger partial charge is 0.315 e. The van der Waals surface area contributed by atoms with E-state index in [0.717, 1.165) is 30.5 Å². The predicted molar refractivity (Wildman–Crippen MR) is 77.5 cm³/mol. The van der Waals surface area contributed by atoms with Crippen LogP contribution in [0, 0.1) is 11.6 Å². The zero-order valence-electron chi connectivity index (χ0n) is 12.0. The van der Waals surface area contributed by atoms with E-state index in [9.17, 15) is 17.6 Å². The third-order valence-electron chi connectivity index (χ3n) is 3.32. The number of hydrogen-bond acceptors (Lipinski definition) is 1. The van der Waals surface area contributed by atoms with E-state index in [4.69, 9.17) is 0 Å². The molecule has 1 aromatic carbocycles. The van der Waals surface area contributed by atoms with Crippen molar-refractivity contribution in [2.75, 3.05) is 0 Å². The van der Waals surface area contributed by atoms with E-state index in [-0.39, 0.29) is 0 Å². The highest BCUT2D eigenvalue weighted by Crippen LogP contribution is 2.40. The Hall–Kier alpha value is -2.17. The van der Waals surface area contributed by atoms with E-state index in [2.05, 4.69) is 11.6 Å². The summed E-state index contributed by atoms with van der Waals surface area (Å²) >= 11 is 0. The Balaban J connectivity index is 2.34. The van der Waals surface area contributed by atoms with Gasteiger partial charge in [-0.1, -0.05) is 26.0 Å². The Labute approximate surface area is 126 Å². The van der Waals surface area contributed by atoms with E-state index < -0.39 is 34.4 Å². The van der Waals surface area contributed by atoms with Gasteiger partial charge in [0.05, 0.1) is 0 Å². The van der Waals surface area contributed by atoms with Crippen LogP contribution in [0.4, 0.5) is 17.6 Å². The van der Waals surface area contributed by atoms with Crippen LogP contribution in [-0.2, 0) is 12.3 Å². The van der Waals surface area contributed by atoms with Crippen LogP contribution in [0.5, 0.6) is 0 Å². The second-order valence-corrected chi connectivity index (χ2v) is 4.98. The zero-order chi connectivity index (χ0) is 16.3. The van der Waals surface area contributed by atoms with Crippen molar-refractivity contribution in [2.45, 2.75) is 25.7 Å². The second-order valence-electron chi connectivity index (χ2n) is 4.98. The SMILES string of the molecule is C=C(c1ccc(F)cc1F)C(F)(F)c1ccc(CCC)cn1. The first-order valence-electron chi connectivity index (χ1n) is 6.84. The molecular formula is C17H15F4N. The standard InChI is InChI=1S/C17H15F4N/c1-3-4-12-5-8-16(22-10-12)17(20,21)11(2)14-7-6-13(18)9-15(14)19/h5-10H,2-4H2,1H3. The van der Waals surface area contributed by atoms with Crippen LogP contribution in [0.15, 0.2) is 43.1 Å². The van der Waals surface area contributed by atoms with Crippen LogP contribution in [0.2, 0.25) is 0 Å². The molecule has 116 valence electrons. The summed E-state index contributed by atoms with van der Waals surface area (Å²) < 4.78 is 55.4. The topological polar surface area (TPSA) is 12.9 Å². The van der Waals surface area contributed by atoms with Crippen molar-refractivity contribution >= 4 is 5.57 Å². The lowest BCUT2D eigenvalue weighted by atomic mass is 9.97. The van der Waals surface area contributed by atoms with Gasteiger partial charge in [-0.25, -0.2) is 8.78 Å². The molecule has 0 N–H and O–H groups in total. The summed E-state index contributed by atoms with van der Waals surface area (Å²) in [6.07, 6.45) is 3.00. The molecule has 2 aromatic rings. The van der Waals surface area contributed by atoms with Crippen molar-refractivity contribution in [3.63, 3.8) is 0 Å². The lowest BCUT2D eigenvalue weighted by Gasteiger charge is -2.19. The normalized spacial score (nSPS) is 11.5. The van der Waals surface area contributed by atoms with Gasteiger partial charge in [-0.05, 0) is 30.2 Å². The summed E-state index contributed by atoms with van der Waals surface area (Å²) in [5, 5.41) is 0. The molecule has 1 aromatic heterocycles. The van der Waals surface area contributed by atoms with Crippen molar-refractivity contribution in [3.05, 3.63) is 71.6 Å². The van der Waals surface area contributed by atoms with E-state index in [0.29, 0.717) is 6.07 Å². The molecule has 0 aliphatic heterocycles. The third-order valence-corrected chi connectivity index (χ3v) is 3.32. The third kappa shape index (κ3) is 3.18. The van der Waals surface area contributed by atoms with Crippen molar-refractivity contribution in [1.29, 1.82) is 0 Å². The monoisotopic (exact) mass is 309 g/mol. The van der Waals surface area contributed by atoms with Gasteiger partial charge in [0, 0.05) is 23.4 Å². The fourth-order valence-electron chi connectivity index (χ4n) is 2.10. The predicted octanol–water partition coefficient (Wildman–Crippen LogP) is 5.12. The molecule has 22 heavy (non-hydrogen) atoms. The summed E-state index contributed by atoms with van der Waals surface area (Å²) in [6, 6.07) is 5.18. The molecule has 2 rings (SSSR count). The molecule has 0 bridgehead atoms. The van der Waals surface area contributed by atoms with Gasteiger partial charge in [0.2, 0.25) is 0 Å². The number of nitrogens with zero attached hydrogens (tertiary/aromatic N) is 1. The van der Waals surface area contributed by atoms with Crippen molar-refractivity contribution in [2.24, 2.45) is 0 Å². The second kappa shape index (κ2) is 6.30. The molecule has 0 saturated heterocycles. The molecule has 5 heteroatoms. The lowest BCUT2D eigenvalue weighted by molar-refractivity contribution is 0.0593. The van der Waals surface area contributed by atoms with Gasteiger partial charge in [-0.15, -0.1) is 0 Å². The zero-order valence-corrected chi connectivity index (χ0v) is 12.0. The van der Waals surface area contributed by atoms with Gasteiger partial charge in [0.25, 0.3) is 0 Å². The Morgan fingerprint density at radius 3 is 2.45 bits per heavy atom. The molecule has 0 unspecified atom stereocenters. The fraction of sp³-hybridized carbons (Fsp3) is 0.235. The molecule has 1 nitrogen and oxygen atoms in total. The molecule has 1 heterocycles. The number of pyridine rings is 1. The Morgan fingerprint density at radius 2 is 1.91 bits per heavy atom. The summed E-state index contributed by atoms with van der Waals surface area (Å²) in [6.45, 7) is 5.24. The Morgan fingerprint density at radius 1 is 1.18 bits per heavy atom. The average molecular weight is 309 g/mol. The number of aryl methyl sites for hydroxylation is 1. The maximum absolute atomic E-state index is 14.4. The molecule has 0 radical (unpaired) electrons. The molecule has 0 atom stereocenters. The van der Waals surface area contributed by atoms with Crippen LogP contribution in [-0.4, -0.2) is 4.98 Å². The van der Waals surface area contributed by atoms with E-state index in [1.807, 2.05) is 6.92 Å². The fourth-order valence-corrected chi connectivity index (χ4v) is 2.10. The van der Waals surface area contributed by atoms with E-state index in [1.54, 1.807) is 6.07 Å². The van der Waals surface area contributed by atoms with E-state index >= 15 is 0 Å². The first-order chi connectivity index (χ1) is 10.4. The summed E-state index contributed by atoms with van der Waals surface area (Å²) in [4.78, 5) is 3.76. The first kappa shape index (κ1) is 16.2. The van der Waals surface area contributed by atoms with Crippen molar-refractivity contribution in [1.82, 2.24) is 4.98 Å². The maximum Gasteiger partial charge on any atom is 0.315 e. The highest BCUT2D eigenvalue weighted by molar-refractivity contribution is 5.70.